The molecular formula is C30H30Cl2SiZr-4. The monoisotopic (exact) mass is 578 g/mol. The zero-order chi connectivity index (χ0) is 20.8. The van der Waals surface area contributed by atoms with Crippen LogP contribution >= 0.6 is 24.8 Å². The summed E-state index contributed by atoms with van der Waals surface area (Å²) in [6, 6.07) is 26.0. The van der Waals surface area contributed by atoms with Gasteiger partial charge >= 0.3 is 30.2 Å². The Morgan fingerprint density at radius 1 is 0.588 bits per heavy atom. The van der Waals surface area contributed by atoms with Gasteiger partial charge in [-0.25, -0.2) is 0 Å². The van der Waals surface area contributed by atoms with Gasteiger partial charge in [0.25, 0.3) is 0 Å². The quantitative estimate of drug-likeness (QED) is 0.164. The summed E-state index contributed by atoms with van der Waals surface area (Å²) in [5, 5.41) is 5.44. The second-order valence-corrected chi connectivity index (χ2v) is 7.32. The Hall–Kier alpha value is -1.70. The molecule has 4 aromatic carbocycles. The minimum absolute atomic E-state index is 0. The third-order valence-corrected chi connectivity index (χ3v) is 5.60. The molecule has 0 amide bonds. The van der Waals surface area contributed by atoms with Gasteiger partial charge in [-0.15, -0.1) is 106 Å². The minimum atomic E-state index is 0. The Morgan fingerprint density at radius 2 is 0.971 bits per heavy atom. The molecule has 0 unspecified atom stereocenters. The van der Waals surface area contributed by atoms with E-state index in [1.165, 1.54) is 67.2 Å². The van der Waals surface area contributed by atoms with Crippen molar-refractivity contribution in [2.75, 3.05) is 0 Å². The molecule has 6 rings (SSSR count). The zero-order valence-corrected chi connectivity index (χ0v) is 24.7. The Kier molecular flexibility index (Phi) is 15.3. The van der Waals surface area contributed by atoms with E-state index in [0.29, 0.717) is 0 Å². The molecule has 0 N–H and O–H groups in total. The summed E-state index contributed by atoms with van der Waals surface area (Å²) in [4.78, 5) is 0. The van der Waals surface area contributed by atoms with Gasteiger partial charge in [0, 0.05) is 0 Å². The second kappa shape index (κ2) is 16.1. The average molecular weight is 581 g/mol. The topological polar surface area (TPSA) is 0 Å². The van der Waals surface area contributed by atoms with Crippen molar-refractivity contribution in [1.82, 2.24) is 0 Å². The SMILES string of the molecule is C1=CCC([c-]2ccc3ccccc32)=C1.C1=CCC([c-]2ccc3ccccc32)=C1.Cl.Cl.[CH3-].[CH3-].[Si]=[Zr]. The average Bonchev–Trinajstić information content (AvgIpc) is 3.61. The first kappa shape index (κ1) is 32.3. The van der Waals surface area contributed by atoms with Crippen LogP contribution in [-0.2, 0) is 23.3 Å². The van der Waals surface area contributed by atoms with E-state index in [0.717, 1.165) is 12.8 Å². The van der Waals surface area contributed by atoms with E-state index < -0.39 is 0 Å². The summed E-state index contributed by atoms with van der Waals surface area (Å²) in [6.07, 6.45) is 15.3. The zero-order valence-electron chi connectivity index (χ0n) is 19.6. The summed E-state index contributed by atoms with van der Waals surface area (Å²) in [7, 11) is 0. The van der Waals surface area contributed by atoms with Crippen molar-refractivity contribution in [2.24, 2.45) is 0 Å². The molecule has 2 aliphatic carbocycles. The van der Waals surface area contributed by atoms with E-state index in [2.05, 4.69) is 116 Å². The fourth-order valence-corrected chi connectivity index (χ4v) is 4.16. The second-order valence-electron chi connectivity index (χ2n) is 7.32. The van der Waals surface area contributed by atoms with Crippen LogP contribution < -0.4 is 0 Å². The van der Waals surface area contributed by atoms with Gasteiger partial charge in [-0.3, -0.25) is 0 Å². The van der Waals surface area contributed by atoms with Crippen molar-refractivity contribution in [2.45, 2.75) is 12.8 Å². The number of fused-ring (bicyclic) bond motifs is 2. The van der Waals surface area contributed by atoms with Crippen LogP contribution in [0.15, 0.2) is 109 Å². The number of rotatable bonds is 2. The summed E-state index contributed by atoms with van der Waals surface area (Å²) in [5.74, 6) is 0. The first-order chi connectivity index (χ1) is 14.9. The fourth-order valence-electron chi connectivity index (χ4n) is 4.16. The van der Waals surface area contributed by atoms with Crippen molar-refractivity contribution in [3.8, 4) is 0 Å². The van der Waals surface area contributed by atoms with Gasteiger partial charge in [0.05, 0.1) is 0 Å². The molecule has 0 bridgehead atoms. The number of allylic oxidation sites excluding steroid dienone is 8. The van der Waals surface area contributed by atoms with Crippen LogP contribution in [0.1, 0.15) is 24.0 Å². The first-order valence-corrected chi connectivity index (χ1v) is 14.3. The number of halogens is 2. The third-order valence-electron chi connectivity index (χ3n) is 5.60. The van der Waals surface area contributed by atoms with Crippen LogP contribution in [0, 0.1) is 14.9 Å². The number of benzene rings is 2. The molecule has 176 valence electrons. The van der Waals surface area contributed by atoms with Crippen LogP contribution in [0.3, 0.4) is 0 Å². The summed E-state index contributed by atoms with van der Waals surface area (Å²) < 4.78 is 0. The van der Waals surface area contributed by atoms with Crippen molar-refractivity contribution in [1.29, 1.82) is 0 Å². The Balaban J connectivity index is 0.000000538. The third kappa shape index (κ3) is 7.15. The Bertz CT molecular complexity index is 1190. The van der Waals surface area contributed by atoms with Gasteiger partial charge in [-0.05, 0) is 12.8 Å². The molecule has 0 fully saturated rings. The van der Waals surface area contributed by atoms with Gasteiger partial charge in [-0.1, -0.05) is 71.8 Å². The van der Waals surface area contributed by atoms with Crippen LogP contribution in [0.25, 0.3) is 32.7 Å². The molecule has 34 heavy (non-hydrogen) atoms. The first-order valence-electron chi connectivity index (χ1n) is 10.2. The molecule has 2 aliphatic rings. The number of hydrogen-bond donors (Lipinski definition) is 0. The predicted molar refractivity (Wildman–Crippen MR) is 156 cm³/mol. The molecule has 0 aliphatic heterocycles. The van der Waals surface area contributed by atoms with Crippen LogP contribution in [0.2, 0.25) is 0 Å². The molecule has 0 saturated heterocycles. The normalized spacial score (nSPS) is 12.4. The van der Waals surface area contributed by atoms with Crippen molar-refractivity contribution < 1.29 is 23.3 Å². The molecule has 0 heterocycles. The molecule has 0 aromatic heterocycles. The van der Waals surface area contributed by atoms with E-state index in [-0.39, 0.29) is 39.7 Å². The molecule has 4 heteroatoms. The molecule has 2 radical (unpaired) electrons. The standard InChI is InChI=1S/2C14H11.2CH3.2ClH.Si.Zr/c2*1-2-6-11(5-1)14-10-9-12-7-3-4-8-13(12)14;;;;;;/h2*1-5,7-10H,6H2;2*1H3;2*1H;;/q4*-1;;;;. The number of hydrogen-bond acceptors (Lipinski definition) is 0. The molecule has 0 saturated carbocycles. The van der Waals surface area contributed by atoms with Crippen LogP contribution in [0.5, 0.6) is 0 Å². The molecule has 0 atom stereocenters. The van der Waals surface area contributed by atoms with Crippen LogP contribution in [-0.4, -0.2) is 6.88 Å². The maximum absolute atomic E-state index is 3.06. The van der Waals surface area contributed by atoms with E-state index >= 15 is 0 Å². The molecule has 0 spiro atoms. The fraction of sp³-hybridized carbons (Fsp3) is 0.0667. The Morgan fingerprint density at radius 3 is 1.32 bits per heavy atom. The van der Waals surface area contributed by atoms with Gasteiger partial charge in [-0.2, -0.15) is 0 Å². The van der Waals surface area contributed by atoms with Gasteiger partial charge in [0.2, 0.25) is 0 Å². The molecular weight excluding hydrogens is 551 g/mol. The van der Waals surface area contributed by atoms with Crippen LogP contribution in [0.4, 0.5) is 0 Å². The van der Waals surface area contributed by atoms with E-state index in [4.69, 9.17) is 0 Å². The Labute approximate surface area is 234 Å². The summed E-state index contributed by atoms with van der Waals surface area (Å²) in [6.45, 7) is 3.06. The van der Waals surface area contributed by atoms with Crippen molar-refractivity contribution >= 4 is 64.4 Å². The van der Waals surface area contributed by atoms with E-state index in [1.807, 2.05) is 0 Å². The van der Waals surface area contributed by atoms with Gasteiger partial charge in [0.1, 0.15) is 0 Å². The maximum atomic E-state index is 3.06. The summed E-state index contributed by atoms with van der Waals surface area (Å²) in [5.41, 5.74) is 5.66. The van der Waals surface area contributed by atoms with Crippen molar-refractivity contribution in [3.05, 3.63) is 135 Å². The molecule has 4 aromatic rings. The summed E-state index contributed by atoms with van der Waals surface area (Å²) >= 11 is 1.36. The van der Waals surface area contributed by atoms with E-state index in [9.17, 15) is 0 Å². The van der Waals surface area contributed by atoms with E-state index in [1.54, 1.807) is 0 Å². The predicted octanol–water partition coefficient (Wildman–Crippen LogP) is 9.16. The van der Waals surface area contributed by atoms with Gasteiger partial charge in [0.15, 0.2) is 0 Å². The van der Waals surface area contributed by atoms with Crippen molar-refractivity contribution in [3.63, 3.8) is 0 Å². The van der Waals surface area contributed by atoms with Gasteiger partial charge < -0.3 is 14.9 Å². The molecule has 0 nitrogen and oxygen atoms in total.